The standard InChI is InChI=1S/C7H12OS/c1-2-3-4-5-6-7(8)9/h5-6H,2-4H2,1H3,(H,8,9). The molecule has 1 nitrogen and oxygen atoms in total. The molecule has 0 bridgehead atoms. The van der Waals surface area contributed by atoms with Crippen LogP contribution in [0.15, 0.2) is 12.2 Å². The van der Waals surface area contributed by atoms with Crippen molar-refractivity contribution in [2.75, 3.05) is 0 Å². The van der Waals surface area contributed by atoms with E-state index in [1.165, 1.54) is 12.5 Å². The van der Waals surface area contributed by atoms with Crippen LogP contribution in [0.4, 0.5) is 0 Å². The van der Waals surface area contributed by atoms with Crippen molar-refractivity contribution < 1.29 is 4.79 Å². The van der Waals surface area contributed by atoms with E-state index in [4.69, 9.17) is 0 Å². The van der Waals surface area contributed by atoms with Gasteiger partial charge in [-0.05, 0) is 12.5 Å². The van der Waals surface area contributed by atoms with E-state index in [2.05, 4.69) is 19.6 Å². The van der Waals surface area contributed by atoms with E-state index >= 15 is 0 Å². The molecule has 0 N–H and O–H groups in total. The van der Waals surface area contributed by atoms with Crippen molar-refractivity contribution in [2.45, 2.75) is 26.2 Å². The van der Waals surface area contributed by atoms with Gasteiger partial charge in [-0.15, -0.1) is 12.6 Å². The van der Waals surface area contributed by atoms with E-state index in [1.54, 1.807) is 0 Å². The summed E-state index contributed by atoms with van der Waals surface area (Å²) in [5.41, 5.74) is 0. The van der Waals surface area contributed by atoms with Crippen molar-refractivity contribution in [3.05, 3.63) is 12.2 Å². The van der Waals surface area contributed by atoms with Gasteiger partial charge in [-0.2, -0.15) is 0 Å². The van der Waals surface area contributed by atoms with E-state index in [1.807, 2.05) is 6.08 Å². The van der Waals surface area contributed by atoms with Crippen molar-refractivity contribution in [3.8, 4) is 0 Å². The molecule has 0 aliphatic heterocycles. The van der Waals surface area contributed by atoms with Gasteiger partial charge in [0.2, 0.25) is 5.12 Å². The molecule has 0 aromatic heterocycles. The SMILES string of the molecule is CCCCC=CC(=O)S. The summed E-state index contributed by atoms with van der Waals surface area (Å²) in [7, 11) is 0. The number of allylic oxidation sites excluding steroid dienone is 1. The van der Waals surface area contributed by atoms with Crippen LogP contribution in [-0.2, 0) is 4.79 Å². The van der Waals surface area contributed by atoms with Crippen LogP contribution in [0, 0.1) is 0 Å². The van der Waals surface area contributed by atoms with Gasteiger partial charge in [-0.1, -0.05) is 25.8 Å². The van der Waals surface area contributed by atoms with E-state index in [0.29, 0.717) is 0 Å². The van der Waals surface area contributed by atoms with Crippen LogP contribution >= 0.6 is 12.6 Å². The molecule has 0 saturated carbocycles. The molecule has 0 fully saturated rings. The summed E-state index contributed by atoms with van der Waals surface area (Å²) in [6.45, 7) is 2.12. The lowest BCUT2D eigenvalue weighted by molar-refractivity contribution is -0.106. The average Bonchev–Trinajstić information content (AvgIpc) is 1.80. The van der Waals surface area contributed by atoms with Gasteiger partial charge >= 0.3 is 0 Å². The predicted octanol–water partition coefficient (Wildman–Crippen LogP) is 2.19. The first-order valence-electron chi connectivity index (χ1n) is 3.17. The Bertz CT molecular complexity index is 107. The Kier molecular flexibility index (Phi) is 5.73. The molecule has 0 aromatic carbocycles. The Hall–Kier alpha value is -0.240. The fraction of sp³-hybridized carbons (Fsp3) is 0.571. The van der Waals surface area contributed by atoms with E-state index < -0.39 is 0 Å². The van der Waals surface area contributed by atoms with Gasteiger partial charge in [-0.25, -0.2) is 0 Å². The van der Waals surface area contributed by atoms with E-state index in [-0.39, 0.29) is 5.12 Å². The van der Waals surface area contributed by atoms with Gasteiger partial charge in [0, 0.05) is 0 Å². The van der Waals surface area contributed by atoms with Gasteiger partial charge in [-0.3, -0.25) is 4.79 Å². The predicted molar refractivity (Wildman–Crippen MR) is 42.7 cm³/mol. The first-order chi connectivity index (χ1) is 4.27. The van der Waals surface area contributed by atoms with Crippen LogP contribution in [0.1, 0.15) is 26.2 Å². The molecule has 0 radical (unpaired) electrons. The highest BCUT2D eigenvalue weighted by Gasteiger charge is 1.81. The maximum Gasteiger partial charge on any atom is 0.208 e. The van der Waals surface area contributed by atoms with Crippen molar-refractivity contribution in [2.24, 2.45) is 0 Å². The second-order valence-electron chi connectivity index (χ2n) is 1.88. The number of thiol groups is 1. The topological polar surface area (TPSA) is 17.1 Å². The first kappa shape index (κ1) is 8.76. The molecule has 0 saturated heterocycles. The Balaban J connectivity index is 3.15. The second-order valence-corrected chi connectivity index (χ2v) is 2.32. The third-order valence-corrected chi connectivity index (χ3v) is 1.13. The van der Waals surface area contributed by atoms with Crippen LogP contribution in [0.25, 0.3) is 0 Å². The lowest BCUT2D eigenvalue weighted by atomic mass is 10.2. The fourth-order valence-corrected chi connectivity index (χ4v) is 0.612. The molecule has 0 aromatic rings. The van der Waals surface area contributed by atoms with Crippen LogP contribution in [0.5, 0.6) is 0 Å². The molecule has 0 aliphatic carbocycles. The minimum atomic E-state index is -0.161. The van der Waals surface area contributed by atoms with Crippen LogP contribution in [0.3, 0.4) is 0 Å². The smallest absolute Gasteiger partial charge is 0.208 e. The van der Waals surface area contributed by atoms with Crippen molar-refractivity contribution in [1.29, 1.82) is 0 Å². The second kappa shape index (κ2) is 5.89. The minimum absolute atomic E-state index is 0.161. The summed E-state index contributed by atoms with van der Waals surface area (Å²) in [5.74, 6) is 0. The molecule has 0 unspecified atom stereocenters. The summed E-state index contributed by atoms with van der Waals surface area (Å²) in [5, 5.41) is -0.161. The molecule has 52 valence electrons. The van der Waals surface area contributed by atoms with Gasteiger partial charge in [0.25, 0.3) is 0 Å². The normalized spacial score (nSPS) is 10.4. The Morgan fingerprint density at radius 3 is 2.78 bits per heavy atom. The monoisotopic (exact) mass is 144 g/mol. The molecule has 0 amide bonds. The maximum absolute atomic E-state index is 10.2. The first-order valence-corrected chi connectivity index (χ1v) is 3.61. The van der Waals surface area contributed by atoms with Crippen molar-refractivity contribution >= 4 is 17.7 Å². The molecular weight excluding hydrogens is 132 g/mol. The summed E-state index contributed by atoms with van der Waals surface area (Å²) in [6.07, 6.45) is 6.67. The quantitative estimate of drug-likeness (QED) is 0.363. The van der Waals surface area contributed by atoms with Crippen molar-refractivity contribution in [1.82, 2.24) is 0 Å². The molecular formula is C7H12OS. The number of carbonyl (C=O) groups is 1. The lowest BCUT2D eigenvalue weighted by Crippen LogP contribution is -1.74. The molecule has 0 atom stereocenters. The van der Waals surface area contributed by atoms with Gasteiger partial charge < -0.3 is 0 Å². The maximum atomic E-state index is 10.2. The Labute approximate surface area is 61.6 Å². The molecule has 2 heteroatoms. The van der Waals surface area contributed by atoms with Crippen molar-refractivity contribution in [3.63, 3.8) is 0 Å². The zero-order valence-electron chi connectivity index (χ0n) is 5.63. The summed E-state index contributed by atoms with van der Waals surface area (Å²) >= 11 is 3.57. The highest BCUT2D eigenvalue weighted by molar-refractivity contribution is 7.97. The Morgan fingerprint density at radius 2 is 2.33 bits per heavy atom. The number of carbonyl (C=O) groups excluding carboxylic acids is 1. The molecule has 9 heavy (non-hydrogen) atoms. The van der Waals surface area contributed by atoms with Gasteiger partial charge in [0.05, 0.1) is 0 Å². The van der Waals surface area contributed by atoms with E-state index in [9.17, 15) is 4.79 Å². The van der Waals surface area contributed by atoms with E-state index in [0.717, 1.165) is 12.8 Å². The minimum Gasteiger partial charge on any atom is -0.283 e. The lowest BCUT2D eigenvalue weighted by Gasteiger charge is -1.85. The van der Waals surface area contributed by atoms with Gasteiger partial charge in [0.1, 0.15) is 0 Å². The highest BCUT2D eigenvalue weighted by atomic mass is 32.1. The third-order valence-electron chi connectivity index (χ3n) is 0.985. The fourth-order valence-electron chi connectivity index (χ4n) is 0.506. The molecule has 0 rings (SSSR count). The third kappa shape index (κ3) is 7.76. The number of hydrogen-bond acceptors (Lipinski definition) is 1. The summed E-state index contributed by atoms with van der Waals surface area (Å²) < 4.78 is 0. The zero-order chi connectivity index (χ0) is 7.11. The average molecular weight is 144 g/mol. The van der Waals surface area contributed by atoms with Crippen LogP contribution < -0.4 is 0 Å². The number of hydrogen-bond donors (Lipinski definition) is 1. The number of unbranched alkanes of at least 4 members (excludes halogenated alkanes) is 2. The molecule has 0 aliphatic rings. The molecule has 0 spiro atoms. The van der Waals surface area contributed by atoms with Crippen LogP contribution in [0.2, 0.25) is 0 Å². The van der Waals surface area contributed by atoms with Crippen LogP contribution in [-0.4, -0.2) is 5.12 Å². The number of rotatable bonds is 4. The Morgan fingerprint density at radius 1 is 1.67 bits per heavy atom. The van der Waals surface area contributed by atoms with Gasteiger partial charge in [0.15, 0.2) is 0 Å². The summed E-state index contributed by atoms with van der Waals surface area (Å²) in [6, 6.07) is 0. The summed E-state index contributed by atoms with van der Waals surface area (Å²) in [4.78, 5) is 10.2. The highest BCUT2D eigenvalue weighted by Crippen LogP contribution is 1.95. The zero-order valence-corrected chi connectivity index (χ0v) is 6.53. The molecule has 0 heterocycles. The largest absolute Gasteiger partial charge is 0.283 e.